The van der Waals surface area contributed by atoms with Crippen LogP contribution in [0.15, 0.2) is 34.9 Å². The molecule has 0 fully saturated rings. The maximum absolute atomic E-state index is 6.43. The lowest BCUT2D eigenvalue weighted by atomic mass is 9.88. The molecular weight excluding hydrogens is 226 g/mol. The van der Waals surface area contributed by atoms with Crippen LogP contribution in [0.4, 0.5) is 0 Å². The summed E-state index contributed by atoms with van der Waals surface area (Å²) in [5.74, 6) is 1.24. The van der Waals surface area contributed by atoms with Gasteiger partial charge in [0.25, 0.3) is 0 Å². The number of rotatable bonds is 5. The highest BCUT2D eigenvalue weighted by Crippen LogP contribution is 2.24. The molecule has 1 heterocycles. The van der Waals surface area contributed by atoms with Crippen LogP contribution in [0.5, 0.6) is 0 Å². The summed E-state index contributed by atoms with van der Waals surface area (Å²) >= 11 is 0. The highest BCUT2D eigenvalue weighted by molar-refractivity contribution is 5.20. The van der Waals surface area contributed by atoms with E-state index in [0.29, 0.717) is 18.1 Å². The number of nitrogens with zero attached hydrogens (tertiary/aromatic N) is 2. The van der Waals surface area contributed by atoms with E-state index < -0.39 is 5.54 Å². The Kier molecular flexibility index (Phi) is 3.77. The molecule has 0 bridgehead atoms. The first kappa shape index (κ1) is 12.8. The maximum atomic E-state index is 6.43. The molecule has 18 heavy (non-hydrogen) atoms. The van der Waals surface area contributed by atoms with Gasteiger partial charge in [0.2, 0.25) is 5.89 Å². The third kappa shape index (κ3) is 2.59. The molecule has 2 rings (SSSR count). The van der Waals surface area contributed by atoms with Crippen molar-refractivity contribution in [3.05, 3.63) is 47.6 Å². The molecule has 1 atom stereocenters. The molecule has 0 spiro atoms. The Labute approximate surface area is 107 Å². The standard InChI is InChI=1S/C14H19N3O/c1-3-12-16-13(17-18-12)14(15,4-2)10-11-8-6-5-7-9-11/h5-9H,3-4,10,15H2,1-2H3. The Morgan fingerprint density at radius 2 is 1.94 bits per heavy atom. The van der Waals surface area contributed by atoms with Gasteiger partial charge in [0.1, 0.15) is 0 Å². The first-order chi connectivity index (χ1) is 8.68. The van der Waals surface area contributed by atoms with Gasteiger partial charge in [-0.1, -0.05) is 49.3 Å². The predicted octanol–water partition coefficient (Wildman–Crippen LogP) is 2.44. The Hall–Kier alpha value is -1.68. The van der Waals surface area contributed by atoms with Crippen LogP contribution in [0, 0.1) is 0 Å². The van der Waals surface area contributed by atoms with Crippen molar-refractivity contribution < 1.29 is 4.52 Å². The summed E-state index contributed by atoms with van der Waals surface area (Å²) in [5, 5.41) is 4.02. The summed E-state index contributed by atoms with van der Waals surface area (Å²) in [6, 6.07) is 10.2. The van der Waals surface area contributed by atoms with Crippen LogP contribution in [0.2, 0.25) is 0 Å². The molecule has 4 nitrogen and oxygen atoms in total. The Morgan fingerprint density at radius 1 is 1.22 bits per heavy atom. The second kappa shape index (κ2) is 5.31. The molecule has 0 amide bonds. The largest absolute Gasteiger partial charge is 0.339 e. The van der Waals surface area contributed by atoms with E-state index in [1.807, 2.05) is 32.0 Å². The van der Waals surface area contributed by atoms with Gasteiger partial charge in [0.05, 0.1) is 5.54 Å². The summed E-state index contributed by atoms with van der Waals surface area (Å²) in [6.45, 7) is 4.03. The van der Waals surface area contributed by atoms with Crippen LogP contribution in [0.3, 0.4) is 0 Å². The van der Waals surface area contributed by atoms with Crippen molar-refractivity contribution in [2.45, 2.75) is 38.6 Å². The Bertz CT molecular complexity index is 495. The number of aromatic nitrogens is 2. The molecule has 1 unspecified atom stereocenters. The van der Waals surface area contributed by atoms with Gasteiger partial charge in [0.15, 0.2) is 5.82 Å². The van der Waals surface area contributed by atoms with Gasteiger partial charge in [-0.05, 0) is 18.4 Å². The Balaban J connectivity index is 2.24. The highest BCUT2D eigenvalue weighted by atomic mass is 16.5. The van der Waals surface area contributed by atoms with E-state index in [1.54, 1.807) is 0 Å². The number of hydrogen-bond donors (Lipinski definition) is 1. The zero-order valence-electron chi connectivity index (χ0n) is 10.9. The van der Waals surface area contributed by atoms with E-state index >= 15 is 0 Å². The van der Waals surface area contributed by atoms with Gasteiger partial charge in [0, 0.05) is 6.42 Å². The third-order valence-corrected chi connectivity index (χ3v) is 3.21. The number of benzene rings is 1. The molecule has 0 aliphatic rings. The van der Waals surface area contributed by atoms with Gasteiger partial charge >= 0.3 is 0 Å². The number of nitrogens with two attached hydrogens (primary N) is 1. The number of aryl methyl sites for hydroxylation is 1. The van der Waals surface area contributed by atoms with Crippen molar-refractivity contribution in [2.24, 2.45) is 5.73 Å². The van der Waals surface area contributed by atoms with Crippen molar-refractivity contribution in [2.75, 3.05) is 0 Å². The first-order valence-electron chi connectivity index (χ1n) is 6.34. The summed E-state index contributed by atoms with van der Waals surface area (Å²) < 4.78 is 5.16. The first-order valence-corrected chi connectivity index (χ1v) is 6.34. The average Bonchev–Trinajstić information content (AvgIpc) is 2.89. The van der Waals surface area contributed by atoms with Crippen molar-refractivity contribution >= 4 is 0 Å². The zero-order valence-corrected chi connectivity index (χ0v) is 10.9. The summed E-state index contributed by atoms with van der Waals surface area (Å²) in [4.78, 5) is 4.37. The smallest absolute Gasteiger partial charge is 0.226 e. The second-order valence-electron chi connectivity index (χ2n) is 4.54. The predicted molar refractivity (Wildman–Crippen MR) is 70.0 cm³/mol. The molecule has 2 aromatic rings. The minimum atomic E-state index is -0.557. The topological polar surface area (TPSA) is 64.9 Å². The fourth-order valence-corrected chi connectivity index (χ4v) is 1.92. The molecule has 1 aromatic heterocycles. The molecule has 0 saturated heterocycles. The zero-order chi connectivity index (χ0) is 13.0. The van der Waals surface area contributed by atoms with Crippen LogP contribution in [0.1, 0.15) is 37.5 Å². The van der Waals surface area contributed by atoms with Crippen LogP contribution in [-0.4, -0.2) is 10.1 Å². The fraction of sp³-hybridized carbons (Fsp3) is 0.429. The lowest BCUT2D eigenvalue weighted by Crippen LogP contribution is -2.39. The van der Waals surface area contributed by atoms with Crippen LogP contribution < -0.4 is 5.73 Å². The Morgan fingerprint density at radius 3 is 2.50 bits per heavy atom. The van der Waals surface area contributed by atoms with Crippen molar-refractivity contribution in [1.29, 1.82) is 0 Å². The van der Waals surface area contributed by atoms with E-state index in [0.717, 1.165) is 12.8 Å². The minimum Gasteiger partial charge on any atom is -0.339 e. The quantitative estimate of drug-likeness (QED) is 0.878. The molecule has 0 aliphatic carbocycles. The van der Waals surface area contributed by atoms with Crippen molar-refractivity contribution in [3.8, 4) is 0 Å². The van der Waals surface area contributed by atoms with Gasteiger partial charge in [-0.2, -0.15) is 4.98 Å². The fourth-order valence-electron chi connectivity index (χ4n) is 1.92. The lowest BCUT2D eigenvalue weighted by Gasteiger charge is -2.24. The van der Waals surface area contributed by atoms with Crippen LogP contribution in [-0.2, 0) is 18.4 Å². The van der Waals surface area contributed by atoms with E-state index in [2.05, 4.69) is 22.3 Å². The van der Waals surface area contributed by atoms with Crippen molar-refractivity contribution in [3.63, 3.8) is 0 Å². The minimum absolute atomic E-state index is 0.557. The van der Waals surface area contributed by atoms with E-state index in [4.69, 9.17) is 10.3 Å². The van der Waals surface area contributed by atoms with Gasteiger partial charge in [-0.3, -0.25) is 0 Å². The van der Waals surface area contributed by atoms with Crippen molar-refractivity contribution in [1.82, 2.24) is 10.1 Å². The summed E-state index contributed by atoms with van der Waals surface area (Å²) in [6.07, 6.45) is 2.22. The van der Waals surface area contributed by atoms with E-state index in [1.165, 1.54) is 5.56 Å². The average molecular weight is 245 g/mol. The number of hydrogen-bond acceptors (Lipinski definition) is 4. The normalized spacial score (nSPS) is 14.4. The van der Waals surface area contributed by atoms with Crippen LogP contribution in [0.25, 0.3) is 0 Å². The monoisotopic (exact) mass is 245 g/mol. The van der Waals surface area contributed by atoms with E-state index in [-0.39, 0.29) is 0 Å². The molecule has 2 N–H and O–H groups in total. The molecule has 96 valence electrons. The third-order valence-electron chi connectivity index (χ3n) is 3.21. The molecular formula is C14H19N3O. The molecule has 0 aliphatic heterocycles. The maximum Gasteiger partial charge on any atom is 0.226 e. The summed E-state index contributed by atoms with van der Waals surface area (Å²) in [7, 11) is 0. The molecule has 4 heteroatoms. The van der Waals surface area contributed by atoms with Gasteiger partial charge < -0.3 is 10.3 Å². The second-order valence-corrected chi connectivity index (χ2v) is 4.54. The van der Waals surface area contributed by atoms with Gasteiger partial charge in [-0.25, -0.2) is 0 Å². The molecule has 0 radical (unpaired) electrons. The van der Waals surface area contributed by atoms with E-state index in [9.17, 15) is 0 Å². The summed E-state index contributed by atoms with van der Waals surface area (Å²) in [5.41, 5.74) is 7.06. The van der Waals surface area contributed by atoms with Crippen LogP contribution >= 0.6 is 0 Å². The SMILES string of the molecule is CCc1nc(C(N)(CC)Cc2ccccc2)no1. The highest BCUT2D eigenvalue weighted by Gasteiger charge is 2.31. The lowest BCUT2D eigenvalue weighted by molar-refractivity contribution is 0.341. The van der Waals surface area contributed by atoms with Gasteiger partial charge in [-0.15, -0.1) is 0 Å². The molecule has 0 saturated carbocycles. The molecule has 1 aromatic carbocycles.